The number of carbonyl (C=O) groups excluding carboxylic acids is 1. The highest BCUT2D eigenvalue weighted by molar-refractivity contribution is 6.05. The molecular formula is C13H9FN4O. The molecule has 0 spiro atoms. The predicted molar refractivity (Wildman–Crippen MR) is 67.7 cm³/mol. The Balaban J connectivity index is 2.27. The number of benzene rings is 1. The highest BCUT2D eigenvalue weighted by atomic mass is 19.1. The monoisotopic (exact) mass is 256 g/mol. The number of nitrogens with two attached hydrogens (primary N) is 1. The van der Waals surface area contributed by atoms with Crippen molar-refractivity contribution in [2.45, 2.75) is 0 Å². The summed E-state index contributed by atoms with van der Waals surface area (Å²) < 4.78 is 13.0. The molecule has 1 aromatic heterocycles. The first kappa shape index (κ1) is 12.5. The fourth-order valence-electron chi connectivity index (χ4n) is 1.50. The Morgan fingerprint density at radius 2 is 2.16 bits per heavy atom. The van der Waals surface area contributed by atoms with Gasteiger partial charge in [0.05, 0.1) is 11.3 Å². The number of anilines is 2. The van der Waals surface area contributed by atoms with Gasteiger partial charge >= 0.3 is 0 Å². The van der Waals surface area contributed by atoms with E-state index in [4.69, 9.17) is 11.0 Å². The van der Waals surface area contributed by atoms with Crippen molar-refractivity contribution in [2.75, 3.05) is 11.1 Å². The van der Waals surface area contributed by atoms with Gasteiger partial charge in [0, 0.05) is 11.8 Å². The van der Waals surface area contributed by atoms with Gasteiger partial charge in [-0.1, -0.05) is 0 Å². The Kier molecular flexibility index (Phi) is 3.39. The molecule has 6 heteroatoms. The molecule has 1 aromatic carbocycles. The largest absolute Gasteiger partial charge is 0.384 e. The van der Waals surface area contributed by atoms with Crippen LogP contribution in [0.5, 0.6) is 0 Å². The Hall–Kier alpha value is -2.94. The third-order valence-corrected chi connectivity index (χ3v) is 2.39. The summed E-state index contributed by atoms with van der Waals surface area (Å²) in [5, 5.41) is 11.4. The van der Waals surface area contributed by atoms with Crippen LogP contribution in [-0.2, 0) is 0 Å². The van der Waals surface area contributed by atoms with E-state index >= 15 is 0 Å². The lowest BCUT2D eigenvalue weighted by atomic mass is 10.1. The molecular weight excluding hydrogens is 247 g/mol. The minimum atomic E-state index is -0.539. The van der Waals surface area contributed by atoms with Crippen molar-refractivity contribution >= 4 is 17.4 Å². The van der Waals surface area contributed by atoms with Crippen LogP contribution in [0.2, 0.25) is 0 Å². The zero-order valence-electron chi connectivity index (χ0n) is 9.72. The molecule has 0 radical (unpaired) electrons. The van der Waals surface area contributed by atoms with Gasteiger partial charge in [-0.05, 0) is 30.3 Å². The fraction of sp³-hybridized carbons (Fsp3) is 0. The van der Waals surface area contributed by atoms with E-state index in [1.165, 1.54) is 24.4 Å². The Morgan fingerprint density at radius 3 is 2.84 bits per heavy atom. The van der Waals surface area contributed by atoms with Crippen molar-refractivity contribution in [2.24, 2.45) is 0 Å². The molecule has 1 amide bonds. The summed E-state index contributed by atoms with van der Waals surface area (Å²) in [7, 11) is 0. The van der Waals surface area contributed by atoms with Crippen LogP contribution < -0.4 is 11.1 Å². The van der Waals surface area contributed by atoms with E-state index in [9.17, 15) is 9.18 Å². The van der Waals surface area contributed by atoms with Gasteiger partial charge in [0.1, 0.15) is 17.7 Å². The summed E-state index contributed by atoms with van der Waals surface area (Å²) in [5.41, 5.74) is 6.07. The average molecular weight is 256 g/mol. The summed E-state index contributed by atoms with van der Waals surface area (Å²) in [4.78, 5) is 15.7. The standard InChI is InChI=1S/C13H9FN4O/c14-10-1-2-11(9(5-10)7-15)18-13(19)8-3-4-17-12(16)6-8/h1-6H,(H2,16,17)(H,18,19). The van der Waals surface area contributed by atoms with Crippen LogP contribution in [0.25, 0.3) is 0 Å². The number of halogens is 1. The van der Waals surface area contributed by atoms with Gasteiger partial charge < -0.3 is 11.1 Å². The van der Waals surface area contributed by atoms with Crippen LogP contribution in [0.1, 0.15) is 15.9 Å². The molecule has 0 bridgehead atoms. The topological polar surface area (TPSA) is 91.8 Å². The Bertz CT molecular complexity index is 679. The van der Waals surface area contributed by atoms with E-state index in [0.717, 1.165) is 12.1 Å². The lowest BCUT2D eigenvalue weighted by molar-refractivity contribution is 0.102. The van der Waals surface area contributed by atoms with Crippen LogP contribution in [0.3, 0.4) is 0 Å². The van der Waals surface area contributed by atoms with E-state index in [0.29, 0.717) is 5.56 Å². The third kappa shape index (κ3) is 2.84. The first-order valence-electron chi connectivity index (χ1n) is 5.32. The highest BCUT2D eigenvalue weighted by Crippen LogP contribution is 2.17. The van der Waals surface area contributed by atoms with Crippen LogP contribution in [-0.4, -0.2) is 10.9 Å². The molecule has 0 saturated heterocycles. The molecule has 19 heavy (non-hydrogen) atoms. The van der Waals surface area contributed by atoms with Crippen LogP contribution in [0.15, 0.2) is 36.5 Å². The number of pyridine rings is 1. The number of hydrogen-bond donors (Lipinski definition) is 2. The summed E-state index contributed by atoms with van der Waals surface area (Å²) in [6.45, 7) is 0. The number of nitrogens with zero attached hydrogens (tertiary/aromatic N) is 2. The fourth-order valence-corrected chi connectivity index (χ4v) is 1.50. The van der Waals surface area contributed by atoms with Crippen molar-refractivity contribution in [3.8, 4) is 6.07 Å². The molecule has 5 nitrogen and oxygen atoms in total. The second kappa shape index (κ2) is 5.14. The quantitative estimate of drug-likeness (QED) is 0.858. The number of nitrogen functional groups attached to an aromatic ring is 1. The second-order valence-electron chi connectivity index (χ2n) is 3.73. The van der Waals surface area contributed by atoms with Crippen LogP contribution in [0, 0.1) is 17.1 Å². The van der Waals surface area contributed by atoms with E-state index in [-0.39, 0.29) is 17.1 Å². The number of rotatable bonds is 2. The SMILES string of the molecule is N#Cc1cc(F)ccc1NC(=O)c1ccnc(N)c1. The summed E-state index contributed by atoms with van der Waals surface area (Å²) in [6, 6.07) is 8.25. The molecule has 0 atom stereocenters. The lowest BCUT2D eigenvalue weighted by Gasteiger charge is -2.07. The molecule has 0 fully saturated rings. The van der Waals surface area contributed by atoms with Gasteiger partial charge in [-0.3, -0.25) is 4.79 Å². The molecule has 1 heterocycles. The molecule has 0 aliphatic carbocycles. The summed E-state index contributed by atoms with van der Waals surface area (Å²) in [5.74, 6) is -0.771. The van der Waals surface area contributed by atoms with Gasteiger partial charge in [0.25, 0.3) is 5.91 Å². The third-order valence-electron chi connectivity index (χ3n) is 2.39. The molecule has 0 unspecified atom stereocenters. The van der Waals surface area contributed by atoms with Gasteiger partial charge in [-0.25, -0.2) is 9.37 Å². The average Bonchev–Trinajstić information content (AvgIpc) is 2.40. The maximum Gasteiger partial charge on any atom is 0.255 e. The normalized spacial score (nSPS) is 9.68. The zero-order chi connectivity index (χ0) is 13.8. The van der Waals surface area contributed by atoms with Gasteiger partial charge in [-0.15, -0.1) is 0 Å². The second-order valence-corrected chi connectivity index (χ2v) is 3.73. The molecule has 94 valence electrons. The van der Waals surface area contributed by atoms with E-state index in [2.05, 4.69) is 10.3 Å². The van der Waals surface area contributed by atoms with E-state index < -0.39 is 11.7 Å². The van der Waals surface area contributed by atoms with E-state index in [1.54, 1.807) is 0 Å². The molecule has 2 aromatic rings. The van der Waals surface area contributed by atoms with Crippen LogP contribution in [0.4, 0.5) is 15.9 Å². The van der Waals surface area contributed by atoms with E-state index in [1.807, 2.05) is 6.07 Å². The molecule has 3 N–H and O–H groups in total. The number of carbonyl (C=O) groups is 1. The maximum atomic E-state index is 13.0. The van der Waals surface area contributed by atoms with Crippen molar-refractivity contribution in [3.05, 3.63) is 53.5 Å². The molecule has 0 saturated carbocycles. The van der Waals surface area contributed by atoms with Crippen molar-refractivity contribution in [1.82, 2.24) is 4.98 Å². The Morgan fingerprint density at radius 1 is 1.37 bits per heavy atom. The number of amides is 1. The van der Waals surface area contributed by atoms with Gasteiger partial charge in [-0.2, -0.15) is 5.26 Å². The Labute approximate surface area is 108 Å². The van der Waals surface area contributed by atoms with Crippen molar-refractivity contribution in [1.29, 1.82) is 5.26 Å². The summed E-state index contributed by atoms with van der Waals surface area (Å²) >= 11 is 0. The lowest BCUT2D eigenvalue weighted by Crippen LogP contribution is -2.13. The maximum absolute atomic E-state index is 13.0. The number of hydrogen-bond acceptors (Lipinski definition) is 4. The highest BCUT2D eigenvalue weighted by Gasteiger charge is 2.10. The smallest absolute Gasteiger partial charge is 0.255 e. The molecule has 2 rings (SSSR count). The van der Waals surface area contributed by atoms with Crippen LogP contribution >= 0.6 is 0 Å². The zero-order valence-corrected chi connectivity index (χ0v) is 9.72. The first-order valence-corrected chi connectivity index (χ1v) is 5.32. The minimum absolute atomic E-state index is 0.0513. The summed E-state index contributed by atoms with van der Waals surface area (Å²) in [6.07, 6.45) is 1.40. The minimum Gasteiger partial charge on any atom is -0.384 e. The van der Waals surface area contributed by atoms with Gasteiger partial charge in [0.2, 0.25) is 0 Å². The number of nitriles is 1. The first-order chi connectivity index (χ1) is 9.10. The molecule has 0 aliphatic heterocycles. The van der Waals surface area contributed by atoms with Crippen molar-refractivity contribution < 1.29 is 9.18 Å². The van der Waals surface area contributed by atoms with Crippen molar-refractivity contribution in [3.63, 3.8) is 0 Å². The predicted octanol–water partition coefficient (Wildman–Crippen LogP) is 1.93. The number of nitrogens with one attached hydrogen (secondary N) is 1. The van der Waals surface area contributed by atoms with Gasteiger partial charge in [0.15, 0.2) is 0 Å². The molecule has 0 aliphatic rings. The number of aromatic nitrogens is 1.